The fourth-order valence-electron chi connectivity index (χ4n) is 6.83. The lowest BCUT2D eigenvalue weighted by molar-refractivity contribution is 0.669. The summed E-state index contributed by atoms with van der Waals surface area (Å²) in [6, 6.07) is 57.5. The van der Waals surface area contributed by atoms with Gasteiger partial charge in [0.2, 0.25) is 5.96 Å². The van der Waals surface area contributed by atoms with Crippen LogP contribution in [0.3, 0.4) is 0 Å². The van der Waals surface area contributed by atoms with Gasteiger partial charge in [-0.05, 0) is 58.1 Å². The molecule has 50 heavy (non-hydrogen) atoms. The number of benzene rings is 7. The first-order valence-electron chi connectivity index (χ1n) is 16.6. The van der Waals surface area contributed by atoms with E-state index in [2.05, 4.69) is 72.8 Å². The number of aromatic nitrogens is 1. The van der Waals surface area contributed by atoms with Gasteiger partial charge in [-0.25, -0.2) is 4.99 Å². The van der Waals surface area contributed by atoms with Gasteiger partial charge in [-0.3, -0.25) is 9.98 Å². The highest BCUT2D eigenvalue weighted by atomic mass is 16.3. The number of nitrogens with zero attached hydrogens (tertiary/aromatic N) is 3. The summed E-state index contributed by atoms with van der Waals surface area (Å²) in [6.45, 7) is 0. The second-order valence-corrected chi connectivity index (χ2v) is 12.2. The molecular weight excluding hydrogens is 613 g/mol. The highest BCUT2D eigenvalue weighted by molar-refractivity contribution is 6.19. The average Bonchev–Trinajstić information content (AvgIpc) is 3.72. The normalized spacial score (nSPS) is 12.1. The molecule has 0 fully saturated rings. The van der Waals surface area contributed by atoms with Crippen LogP contribution in [0, 0.1) is 5.41 Å². The Morgan fingerprint density at radius 2 is 1.22 bits per heavy atom. The minimum atomic E-state index is 0.0673. The first-order chi connectivity index (χ1) is 24.7. The van der Waals surface area contributed by atoms with Gasteiger partial charge in [-0.1, -0.05) is 140 Å². The lowest BCUT2D eigenvalue weighted by Gasteiger charge is -2.09. The lowest BCUT2D eigenvalue weighted by Crippen LogP contribution is -2.11. The summed E-state index contributed by atoms with van der Waals surface area (Å²) in [5.74, 6) is 0.479. The molecule has 0 aliphatic rings. The zero-order chi connectivity index (χ0) is 33.4. The van der Waals surface area contributed by atoms with E-state index < -0.39 is 0 Å². The van der Waals surface area contributed by atoms with Gasteiger partial charge in [-0.2, -0.15) is 4.99 Å². The molecule has 7 aromatic carbocycles. The third-order valence-electron chi connectivity index (χ3n) is 9.18. The molecule has 0 spiro atoms. The van der Waals surface area contributed by atoms with Gasteiger partial charge in [0.25, 0.3) is 0 Å². The monoisotopic (exact) mass is 642 g/mol. The molecule has 9 rings (SSSR count). The summed E-state index contributed by atoms with van der Waals surface area (Å²) >= 11 is 0. The van der Waals surface area contributed by atoms with Gasteiger partial charge in [0.15, 0.2) is 5.84 Å². The molecule has 0 aliphatic carbocycles. The van der Waals surface area contributed by atoms with E-state index in [1.807, 2.05) is 102 Å². The molecule has 5 heteroatoms. The largest absolute Gasteiger partial charge is 0.456 e. The molecule has 0 amide bonds. The Morgan fingerprint density at radius 3 is 2.02 bits per heavy atom. The number of para-hydroxylation sites is 1. The Kier molecular flexibility index (Phi) is 7.21. The van der Waals surface area contributed by atoms with E-state index in [1.54, 1.807) is 6.21 Å². The van der Waals surface area contributed by atoms with Crippen LogP contribution in [0.25, 0.3) is 66.0 Å². The van der Waals surface area contributed by atoms with Crippen molar-refractivity contribution in [2.24, 2.45) is 9.98 Å². The fraction of sp³-hybridized carbons (Fsp3) is 0. The van der Waals surface area contributed by atoms with E-state index in [-0.39, 0.29) is 5.96 Å². The zero-order valence-corrected chi connectivity index (χ0v) is 27.0. The van der Waals surface area contributed by atoms with Crippen molar-refractivity contribution >= 4 is 61.8 Å². The maximum atomic E-state index is 9.50. The number of aliphatic imine (C=N–C) groups is 2. The number of hydrogen-bond donors (Lipinski definition) is 1. The maximum Gasteiger partial charge on any atom is 0.229 e. The first kappa shape index (κ1) is 29.3. The van der Waals surface area contributed by atoms with Crippen LogP contribution in [-0.2, 0) is 0 Å². The van der Waals surface area contributed by atoms with Crippen molar-refractivity contribution in [3.05, 3.63) is 181 Å². The van der Waals surface area contributed by atoms with Crippen molar-refractivity contribution in [2.75, 3.05) is 0 Å². The van der Waals surface area contributed by atoms with Gasteiger partial charge < -0.3 is 4.42 Å². The van der Waals surface area contributed by atoms with Crippen molar-refractivity contribution in [1.29, 1.82) is 5.41 Å². The van der Waals surface area contributed by atoms with E-state index in [0.717, 1.165) is 77.1 Å². The Hall–Kier alpha value is -6.85. The van der Waals surface area contributed by atoms with Gasteiger partial charge in [-0.15, -0.1) is 0 Å². The van der Waals surface area contributed by atoms with Gasteiger partial charge in [0, 0.05) is 33.3 Å². The summed E-state index contributed by atoms with van der Waals surface area (Å²) in [5.41, 5.74) is 9.51. The molecule has 2 heterocycles. The zero-order valence-electron chi connectivity index (χ0n) is 27.0. The summed E-state index contributed by atoms with van der Waals surface area (Å²) < 4.78 is 8.37. The smallest absolute Gasteiger partial charge is 0.229 e. The van der Waals surface area contributed by atoms with E-state index in [4.69, 9.17) is 14.4 Å². The predicted octanol–water partition coefficient (Wildman–Crippen LogP) is 11.4. The second kappa shape index (κ2) is 12.3. The molecule has 0 saturated carbocycles. The number of hydrogen-bond acceptors (Lipinski definition) is 2. The summed E-state index contributed by atoms with van der Waals surface area (Å²) in [6.07, 6.45) is 1.79. The van der Waals surface area contributed by atoms with Crippen LogP contribution in [0.4, 0.5) is 0 Å². The molecule has 9 aromatic rings. The van der Waals surface area contributed by atoms with Crippen molar-refractivity contribution in [3.8, 4) is 22.3 Å². The molecule has 0 aliphatic heterocycles. The Balaban J connectivity index is 1.21. The van der Waals surface area contributed by atoms with Crippen molar-refractivity contribution in [3.63, 3.8) is 0 Å². The second-order valence-electron chi connectivity index (χ2n) is 12.2. The van der Waals surface area contributed by atoms with Crippen LogP contribution in [0.2, 0.25) is 0 Å². The fourth-order valence-corrected chi connectivity index (χ4v) is 6.83. The summed E-state index contributed by atoms with van der Waals surface area (Å²) in [7, 11) is 0. The predicted molar refractivity (Wildman–Crippen MR) is 208 cm³/mol. The highest BCUT2D eigenvalue weighted by Crippen LogP contribution is 2.37. The van der Waals surface area contributed by atoms with E-state index in [1.165, 1.54) is 0 Å². The highest BCUT2D eigenvalue weighted by Gasteiger charge is 2.18. The van der Waals surface area contributed by atoms with Gasteiger partial charge in [0.1, 0.15) is 11.2 Å². The van der Waals surface area contributed by atoms with Gasteiger partial charge in [0.05, 0.1) is 11.0 Å². The molecular formula is C45H30N4O. The first-order valence-corrected chi connectivity index (χ1v) is 16.6. The third-order valence-corrected chi connectivity index (χ3v) is 9.18. The molecule has 236 valence electrons. The van der Waals surface area contributed by atoms with E-state index >= 15 is 0 Å². The van der Waals surface area contributed by atoms with Crippen LogP contribution < -0.4 is 0 Å². The molecule has 0 unspecified atom stereocenters. The minimum absolute atomic E-state index is 0.0673. The van der Waals surface area contributed by atoms with E-state index in [9.17, 15) is 5.41 Å². The molecule has 0 saturated heterocycles. The number of amidine groups is 1. The summed E-state index contributed by atoms with van der Waals surface area (Å²) in [5, 5.41) is 13.7. The number of nitrogens with one attached hydrogen (secondary N) is 1. The molecule has 0 radical (unpaired) electrons. The number of rotatable bonds is 4. The van der Waals surface area contributed by atoms with Crippen molar-refractivity contribution < 1.29 is 4.42 Å². The molecule has 0 bridgehead atoms. The molecule has 1 N–H and O–H groups in total. The molecule has 0 atom stereocenters. The minimum Gasteiger partial charge on any atom is -0.456 e. The topological polar surface area (TPSA) is 66.6 Å². The molecule has 2 aromatic heterocycles. The Labute approximate surface area is 288 Å². The van der Waals surface area contributed by atoms with Crippen LogP contribution in [-0.4, -0.2) is 22.6 Å². The van der Waals surface area contributed by atoms with Crippen molar-refractivity contribution in [1.82, 2.24) is 4.57 Å². The number of furan rings is 1. The Morgan fingerprint density at radius 1 is 0.540 bits per heavy atom. The summed E-state index contributed by atoms with van der Waals surface area (Å²) in [4.78, 5) is 9.85. The van der Waals surface area contributed by atoms with Crippen molar-refractivity contribution in [2.45, 2.75) is 0 Å². The Bertz CT molecular complexity index is 2760. The van der Waals surface area contributed by atoms with Crippen LogP contribution >= 0.6 is 0 Å². The van der Waals surface area contributed by atoms with Crippen LogP contribution in [0.1, 0.15) is 11.1 Å². The SMILES string of the molecule is N=C(/N=C(\N=C\c1ccccc1)c1ccc2c(c1)oc1cccc(-c3ccccc3)c12)n1c2ccccc2c2ccc(-c3ccccc3)cc21. The quantitative estimate of drug-likeness (QED) is 0.151. The standard InChI is InChI=1S/C45H30N4O/c46-45(49-39-21-11-10-19-36(39)37-25-23-33(27-40(37)49)31-15-6-2-7-16-31)48-44(47-29-30-13-4-1-5-14-30)34-24-26-38-42(28-34)50-41-22-12-20-35(43(38)41)32-17-8-3-9-18-32/h1-29,46H/b46-45?,47-29+,48-44-. The van der Waals surface area contributed by atoms with Gasteiger partial charge >= 0.3 is 0 Å². The average molecular weight is 643 g/mol. The van der Waals surface area contributed by atoms with E-state index in [0.29, 0.717) is 5.84 Å². The maximum absolute atomic E-state index is 9.50. The lowest BCUT2D eigenvalue weighted by atomic mass is 9.99. The van der Waals surface area contributed by atoms with Crippen LogP contribution in [0.15, 0.2) is 184 Å². The third kappa shape index (κ3) is 5.18. The number of fused-ring (bicyclic) bond motifs is 6. The molecule has 5 nitrogen and oxygen atoms in total. The van der Waals surface area contributed by atoms with Crippen LogP contribution in [0.5, 0.6) is 0 Å².